The number of fused-ring (bicyclic) bond motifs is 5. The molecule has 0 N–H and O–H groups in total. The number of hydrogen-bond donors (Lipinski definition) is 0. The van der Waals surface area contributed by atoms with Gasteiger partial charge in [0.1, 0.15) is 0 Å². The Bertz CT molecular complexity index is 727. The van der Waals surface area contributed by atoms with E-state index in [4.69, 9.17) is 14.2 Å². The highest BCUT2D eigenvalue weighted by Gasteiger charge is 2.48. The first-order valence-corrected chi connectivity index (χ1v) is 8.85. The molecule has 1 aliphatic heterocycles. The molecule has 0 saturated carbocycles. The summed E-state index contributed by atoms with van der Waals surface area (Å²) in [7, 11) is 0. The zero-order valence-corrected chi connectivity index (χ0v) is 14.4. The van der Waals surface area contributed by atoms with Crippen molar-refractivity contribution in [3.63, 3.8) is 0 Å². The lowest BCUT2D eigenvalue weighted by Crippen LogP contribution is -2.47. The van der Waals surface area contributed by atoms with Gasteiger partial charge in [0.2, 0.25) is 0 Å². The van der Waals surface area contributed by atoms with Gasteiger partial charge in [-0.2, -0.15) is 0 Å². The molecule has 0 radical (unpaired) electrons. The molecule has 1 saturated heterocycles. The lowest BCUT2D eigenvalue weighted by Gasteiger charge is -2.38. The van der Waals surface area contributed by atoms with Crippen molar-refractivity contribution in [3.05, 3.63) is 59.7 Å². The first-order chi connectivity index (χ1) is 12.3. The second-order valence-corrected chi connectivity index (χ2v) is 6.65. The van der Waals surface area contributed by atoms with Gasteiger partial charge in [0.05, 0.1) is 25.2 Å². The normalized spacial score (nSPS) is 18.0. The molecule has 0 unspecified atom stereocenters. The predicted molar refractivity (Wildman–Crippen MR) is 94.2 cm³/mol. The van der Waals surface area contributed by atoms with E-state index < -0.39 is 12.3 Å². The number of esters is 1. The van der Waals surface area contributed by atoms with Gasteiger partial charge >= 0.3 is 5.97 Å². The fourth-order valence-corrected chi connectivity index (χ4v) is 3.77. The summed E-state index contributed by atoms with van der Waals surface area (Å²) in [6.07, 6.45) is 0.904. The lowest BCUT2D eigenvalue weighted by atomic mass is 9.79. The van der Waals surface area contributed by atoms with Gasteiger partial charge in [-0.15, -0.1) is 0 Å². The third-order valence-electron chi connectivity index (χ3n) is 5.07. The van der Waals surface area contributed by atoms with Crippen LogP contribution in [0.2, 0.25) is 0 Å². The van der Waals surface area contributed by atoms with Crippen LogP contribution in [-0.2, 0) is 24.4 Å². The van der Waals surface area contributed by atoms with Crippen LogP contribution in [0.25, 0.3) is 11.1 Å². The minimum absolute atomic E-state index is 0.354. The predicted octanol–water partition coefficient (Wildman–Crippen LogP) is 3.67. The zero-order chi connectivity index (χ0) is 17.3. The average Bonchev–Trinajstić information content (AvgIpc) is 2.93. The van der Waals surface area contributed by atoms with E-state index in [0.717, 1.165) is 12.8 Å². The average molecular weight is 338 g/mol. The zero-order valence-electron chi connectivity index (χ0n) is 14.4. The summed E-state index contributed by atoms with van der Waals surface area (Å²) in [6, 6.07) is 16.7. The Morgan fingerprint density at radius 2 is 1.60 bits per heavy atom. The summed E-state index contributed by atoms with van der Waals surface area (Å²) in [5, 5.41) is 0. The van der Waals surface area contributed by atoms with Crippen molar-refractivity contribution in [1.82, 2.24) is 0 Å². The number of unbranched alkanes of at least 4 members (excludes halogenated alkanes) is 1. The van der Waals surface area contributed by atoms with Gasteiger partial charge in [0.25, 0.3) is 6.29 Å². The molecule has 130 valence electrons. The summed E-state index contributed by atoms with van der Waals surface area (Å²) in [5.41, 5.74) is 4.49. The minimum Gasteiger partial charge on any atom is -0.462 e. The summed E-state index contributed by atoms with van der Waals surface area (Å²) in [6.45, 7) is 3.29. The van der Waals surface area contributed by atoms with Crippen LogP contribution in [0.3, 0.4) is 0 Å². The monoisotopic (exact) mass is 338 g/mol. The number of hydrogen-bond acceptors (Lipinski definition) is 4. The van der Waals surface area contributed by atoms with Crippen molar-refractivity contribution in [1.29, 1.82) is 0 Å². The number of benzene rings is 2. The molecular formula is C21H22O4. The van der Waals surface area contributed by atoms with Crippen LogP contribution < -0.4 is 0 Å². The Labute approximate surface area is 147 Å². The second-order valence-electron chi connectivity index (χ2n) is 6.65. The fraction of sp³-hybridized carbons (Fsp3) is 0.381. The molecule has 1 spiro atoms. The van der Waals surface area contributed by atoms with E-state index in [1.54, 1.807) is 0 Å². The summed E-state index contributed by atoms with van der Waals surface area (Å²) in [4.78, 5) is 12.1. The Kier molecular flexibility index (Phi) is 4.32. The molecule has 1 heterocycles. The third kappa shape index (κ3) is 2.66. The third-order valence-corrected chi connectivity index (χ3v) is 5.07. The van der Waals surface area contributed by atoms with E-state index in [2.05, 4.69) is 31.2 Å². The Morgan fingerprint density at radius 3 is 2.16 bits per heavy atom. The van der Waals surface area contributed by atoms with Crippen molar-refractivity contribution < 1.29 is 19.0 Å². The minimum atomic E-state index is -0.928. The van der Waals surface area contributed by atoms with Gasteiger partial charge in [-0.3, -0.25) is 0 Å². The topological polar surface area (TPSA) is 44.8 Å². The highest BCUT2D eigenvalue weighted by Crippen LogP contribution is 2.50. The van der Waals surface area contributed by atoms with Gasteiger partial charge in [0.15, 0.2) is 0 Å². The van der Waals surface area contributed by atoms with Crippen LogP contribution in [0.15, 0.2) is 48.5 Å². The van der Waals surface area contributed by atoms with Gasteiger partial charge in [-0.05, 0) is 28.7 Å². The molecule has 0 bridgehead atoms. The number of carbonyl (C=O) groups excluding carboxylic acids is 1. The van der Waals surface area contributed by atoms with Crippen LogP contribution in [0, 0.1) is 0 Å². The van der Waals surface area contributed by atoms with Crippen molar-refractivity contribution in [2.24, 2.45) is 0 Å². The summed E-state index contributed by atoms with van der Waals surface area (Å²) >= 11 is 0. The van der Waals surface area contributed by atoms with Crippen LogP contribution >= 0.6 is 0 Å². The van der Waals surface area contributed by atoms with E-state index in [9.17, 15) is 4.79 Å². The Morgan fingerprint density at radius 1 is 1.04 bits per heavy atom. The standard InChI is InChI=1S/C21H22O4/c1-2-3-12-23-19(22)20-24-13-21(14-25-20)17-10-6-4-8-15(17)16-9-5-7-11-18(16)21/h4-11,20H,2-3,12-14H2,1H3. The van der Waals surface area contributed by atoms with Crippen molar-refractivity contribution >= 4 is 5.97 Å². The van der Waals surface area contributed by atoms with Gasteiger partial charge < -0.3 is 14.2 Å². The summed E-state index contributed by atoms with van der Waals surface area (Å²) < 4.78 is 16.9. The van der Waals surface area contributed by atoms with Crippen molar-refractivity contribution in [2.75, 3.05) is 19.8 Å². The van der Waals surface area contributed by atoms with Gasteiger partial charge in [0, 0.05) is 0 Å². The number of carbonyl (C=O) groups is 1. The molecule has 25 heavy (non-hydrogen) atoms. The van der Waals surface area contributed by atoms with Crippen LogP contribution in [0.4, 0.5) is 0 Å². The molecule has 2 aromatic rings. The molecule has 0 aromatic heterocycles. The van der Waals surface area contributed by atoms with Gasteiger partial charge in [-0.1, -0.05) is 61.9 Å². The quantitative estimate of drug-likeness (QED) is 0.630. The Balaban J connectivity index is 1.57. The van der Waals surface area contributed by atoms with E-state index in [0.29, 0.717) is 19.8 Å². The molecule has 0 atom stereocenters. The van der Waals surface area contributed by atoms with E-state index >= 15 is 0 Å². The van der Waals surface area contributed by atoms with Crippen molar-refractivity contribution in [2.45, 2.75) is 31.5 Å². The first kappa shape index (κ1) is 16.3. The number of rotatable bonds is 4. The molecule has 1 aliphatic carbocycles. The molecular weight excluding hydrogens is 316 g/mol. The van der Waals surface area contributed by atoms with E-state index in [-0.39, 0.29) is 5.41 Å². The molecule has 4 rings (SSSR count). The maximum atomic E-state index is 12.1. The number of ether oxygens (including phenoxy) is 3. The largest absolute Gasteiger partial charge is 0.462 e. The summed E-state index contributed by atoms with van der Waals surface area (Å²) in [5.74, 6) is -0.428. The second kappa shape index (κ2) is 6.62. The van der Waals surface area contributed by atoms with Crippen LogP contribution in [-0.4, -0.2) is 32.1 Å². The fourth-order valence-electron chi connectivity index (χ4n) is 3.77. The molecule has 1 fully saturated rings. The van der Waals surface area contributed by atoms with Gasteiger partial charge in [-0.25, -0.2) is 4.79 Å². The van der Waals surface area contributed by atoms with E-state index in [1.807, 2.05) is 24.3 Å². The highest BCUT2D eigenvalue weighted by atomic mass is 16.7. The van der Waals surface area contributed by atoms with Crippen LogP contribution in [0.1, 0.15) is 30.9 Å². The first-order valence-electron chi connectivity index (χ1n) is 8.85. The van der Waals surface area contributed by atoms with Crippen molar-refractivity contribution in [3.8, 4) is 11.1 Å². The highest BCUT2D eigenvalue weighted by molar-refractivity contribution is 5.81. The molecule has 0 amide bonds. The van der Waals surface area contributed by atoms with E-state index in [1.165, 1.54) is 22.3 Å². The molecule has 2 aromatic carbocycles. The molecule has 2 aliphatic rings. The molecule has 4 nitrogen and oxygen atoms in total. The van der Waals surface area contributed by atoms with Crippen LogP contribution in [0.5, 0.6) is 0 Å². The maximum absolute atomic E-state index is 12.1. The molecule has 4 heteroatoms. The maximum Gasteiger partial charge on any atom is 0.363 e. The smallest absolute Gasteiger partial charge is 0.363 e. The lowest BCUT2D eigenvalue weighted by molar-refractivity contribution is -0.222. The Hall–Kier alpha value is -2.17. The SMILES string of the molecule is CCCCOC(=O)C1OCC2(CO1)c1ccccc1-c1ccccc12.